The average Bonchev–Trinajstić information content (AvgIpc) is 2.93. The zero-order chi connectivity index (χ0) is 28.3. The fraction of sp³-hybridized carbons (Fsp3) is 0.625. The number of aromatic nitrogens is 1. The molecule has 0 aromatic carbocycles. The molecule has 3 rings (SSSR count). The second kappa shape index (κ2) is 20.1. The van der Waals surface area contributed by atoms with Crippen LogP contribution in [0.3, 0.4) is 0 Å². The van der Waals surface area contributed by atoms with E-state index in [9.17, 15) is 27.6 Å². The lowest BCUT2D eigenvalue weighted by Crippen LogP contribution is -2.58. The molecular weight excluding hydrogens is 483 g/mol. The van der Waals surface area contributed by atoms with Crippen LogP contribution in [0, 0.1) is 5.92 Å². The third-order valence-electron chi connectivity index (χ3n) is 4.69. The molecule has 2 aliphatic rings. The van der Waals surface area contributed by atoms with E-state index in [-0.39, 0.29) is 30.8 Å². The summed E-state index contributed by atoms with van der Waals surface area (Å²) in [5.74, 6) is -1.63. The molecule has 1 saturated heterocycles. The summed E-state index contributed by atoms with van der Waals surface area (Å²) in [5.41, 5.74) is 2.26. The number of piperidine rings is 1. The van der Waals surface area contributed by atoms with Crippen molar-refractivity contribution in [2.24, 2.45) is 5.92 Å². The van der Waals surface area contributed by atoms with Crippen LogP contribution in [0.5, 0.6) is 5.75 Å². The standard InChI is InChI=1S/C15H17F2N3O6.C4H8.2C2H6.CH3F/c1-24-15(23)26-7-25-12-9(21)3-5-20-11(12)14(22)19-4-2-8(13(16)17)6-10(19)18-20;1-3-4-2;3*1-2/h3,5,8,10,13,18H,2,4,6-7H2,1H3;3-4H,1-2H3;2*1-2H3;1H3/b;4-3-;;;/t8?,10-;;;;/m0..../s1. The summed E-state index contributed by atoms with van der Waals surface area (Å²) in [4.78, 5) is 37.2. The molecule has 2 atom stereocenters. The van der Waals surface area contributed by atoms with Gasteiger partial charge in [-0.3, -0.25) is 18.7 Å². The van der Waals surface area contributed by atoms with E-state index in [1.54, 1.807) is 0 Å². The van der Waals surface area contributed by atoms with E-state index >= 15 is 0 Å². The number of rotatable bonds is 4. The predicted molar refractivity (Wildman–Crippen MR) is 133 cm³/mol. The van der Waals surface area contributed by atoms with E-state index in [1.807, 2.05) is 53.7 Å². The van der Waals surface area contributed by atoms with Gasteiger partial charge in [0.05, 0.1) is 14.3 Å². The third-order valence-corrected chi connectivity index (χ3v) is 4.69. The molecule has 12 heteroatoms. The number of nitrogens with one attached hydrogen (secondary N) is 1. The van der Waals surface area contributed by atoms with Crippen LogP contribution in [-0.4, -0.2) is 61.9 Å². The molecule has 0 spiro atoms. The van der Waals surface area contributed by atoms with Crippen molar-refractivity contribution in [2.75, 3.05) is 33.1 Å². The lowest BCUT2D eigenvalue weighted by Gasteiger charge is -2.44. The number of halogens is 3. The molecule has 36 heavy (non-hydrogen) atoms. The van der Waals surface area contributed by atoms with Gasteiger partial charge in [0.1, 0.15) is 6.17 Å². The number of methoxy groups -OCH3 is 1. The minimum absolute atomic E-state index is 0.0855. The summed E-state index contributed by atoms with van der Waals surface area (Å²) in [6.45, 7) is 11.5. The highest BCUT2D eigenvalue weighted by molar-refractivity contribution is 5.96. The van der Waals surface area contributed by atoms with Gasteiger partial charge in [0.15, 0.2) is 5.69 Å². The predicted octanol–water partition coefficient (Wildman–Crippen LogP) is 5.19. The fourth-order valence-electron chi connectivity index (χ4n) is 3.04. The van der Waals surface area contributed by atoms with Crippen LogP contribution in [0.25, 0.3) is 0 Å². The van der Waals surface area contributed by atoms with Crippen molar-refractivity contribution in [3.63, 3.8) is 0 Å². The first-order valence-corrected chi connectivity index (χ1v) is 11.7. The molecular formula is C24H40F3N3O6. The molecule has 208 valence electrons. The Balaban J connectivity index is 0. The summed E-state index contributed by atoms with van der Waals surface area (Å²) in [6, 6.07) is 1.15. The second-order valence-electron chi connectivity index (χ2n) is 6.52. The Morgan fingerprint density at radius 2 is 1.75 bits per heavy atom. The Hall–Kier alpha value is -3.18. The van der Waals surface area contributed by atoms with Crippen molar-refractivity contribution in [1.29, 1.82) is 0 Å². The quantitative estimate of drug-likeness (QED) is 0.329. The summed E-state index contributed by atoms with van der Waals surface area (Å²) < 4.78 is 50.7. The Morgan fingerprint density at radius 1 is 1.17 bits per heavy atom. The Kier molecular flexibility index (Phi) is 19.5. The minimum atomic E-state index is -2.46. The Labute approximate surface area is 211 Å². The highest BCUT2D eigenvalue weighted by Crippen LogP contribution is 2.31. The number of carbonyl (C=O) groups excluding carboxylic acids is 2. The van der Waals surface area contributed by atoms with E-state index in [2.05, 4.69) is 14.9 Å². The van der Waals surface area contributed by atoms with Gasteiger partial charge < -0.3 is 24.5 Å². The van der Waals surface area contributed by atoms with Crippen molar-refractivity contribution in [3.05, 3.63) is 40.3 Å². The van der Waals surface area contributed by atoms with E-state index < -0.39 is 42.8 Å². The van der Waals surface area contributed by atoms with Gasteiger partial charge in [-0.05, 0) is 26.7 Å². The number of pyridine rings is 1. The first kappa shape index (κ1) is 35.0. The topological polar surface area (TPSA) is 99.1 Å². The Bertz CT molecular complexity index is 845. The Morgan fingerprint density at radius 3 is 2.25 bits per heavy atom. The first-order valence-electron chi connectivity index (χ1n) is 11.7. The van der Waals surface area contributed by atoms with Crippen LogP contribution in [0.1, 0.15) is 64.9 Å². The van der Waals surface area contributed by atoms with Gasteiger partial charge in [0.2, 0.25) is 24.4 Å². The maximum absolute atomic E-state index is 13.0. The molecule has 0 radical (unpaired) electrons. The number of ether oxygens (including phenoxy) is 3. The molecule has 1 aromatic rings. The highest BCUT2D eigenvalue weighted by atomic mass is 19.3. The number of nitrogens with zero attached hydrogens (tertiary/aromatic N) is 2. The van der Waals surface area contributed by atoms with Crippen molar-refractivity contribution in [1.82, 2.24) is 9.58 Å². The zero-order valence-corrected chi connectivity index (χ0v) is 22.3. The molecule has 1 N–H and O–H groups in total. The fourth-order valence-corrected chi connectivity index (χ4v) is 3.04. The van der Waals surface area contributed by atoms with Crippen molar-refractivity contribution < 1.29 is 37.0 Å². The molecule has 1 amide bonds. The average molecular weight is 524 g/mol. The molecule has 1 aromatic heterocycles. The number of carbonyl (C=O) groups is 2. The minimum Gasteiger partial charge on any atom is -0.451 e. The van der Waals surface area contributed by atoms with Crippen LogP contribution >= 0.6 is 0 Å². The largest absolute Gasteiger partial charge is 0.510 e. The van der Waals surface area contributed by atoms with E-state index in [0.29, 0.717) is 7.18 Å². The summed E-state index contributed by atoms with van der Waals surface area (Å²) in [6.07, 6.45) is 1.51. The number of allylic oxidation sites excluding steroid dienone is 2. The van der Waals surface area contributed by atoms with Crippen LogP contribution in [0.2, 0.25) is 0 Å². The van der Waals surface area contributed by atoms with Gasteiger partial charge in [0.25, 0.3) is 5.91 Å². The smallest absolute Gasteiger partial charge is 0.451 e. The van der Waals surface area contributed by atoms with Gasteiger partial charge in [-0.25, -0.2) is 13.6 Å². The van der Waals surface area contributed by atoms with E-state index in [1.165, 1.54) is 15.8 Å². The third kappa shape index (κ3) is 10.2. The van der Waals surface area contributed by atoms with Gasteiger partial charge in [-0.15, -0.1) is 0 Å². The van der Waals surface area contributed by atoms with Crippen LogP contribution in [0.15, 0.2) is 29.2 Å². The molecule has 2 aliphatic heterocycles. The molecule has 1 unspecified atom stereocenters. The van der Waals surface area contributed by atoms with E-state index in [4.69, 9.17) is 4.74 Å². The molecule has 1 fully saturated rings. The van der Waals surface area contributed by atoms with Crippen LogP contribution < -0.4 is 15.6 Å². The zero-order valence-electron chi connectivity index (χ0n) is 22.3. The maximum atomic E-state index is 13.0. The highest BCUT2D eigenvalue weighted by Gasteiger charge is 2.41. The first-order chi connectivity index (χ1) is 17.3. The molecule has 3 heterocycles. The number of alkyl halides is 3. The van der Waals surface area contributed by atoms with Gasteiger partial charge >= 0.3 is 6.16 Å². The summed E-state index contributed by atoms with van der Waals surface area (Å²) >= 11 is 0. The molecule has 0 saturated carbocycles. The second-order valence-corrected chi connectivity index (χ2v) is 6.52. The normalized spacial score (nSPS) is 17.1. The summed E-state index contributed by atoms with van der Waals surface area (Å²) in [5, 5.41) is 0. The molecule has 0 aliphatic carbocycles. The molecule has 9 nitrogen and oxygen atoms in total. The lowest BCUT2D eigenvalue weighted by molar-refractivity contribution is 0.00608. The van der Waals surface area contributed by atoms with Gasteiger partial charge in [-0.1, -0.05) is 39.8 Å². The number of amides is 1. The van der Waals surface area contributed by atoms with Gasteiger partial charge in [-0.2, -0.15) is 0 Å². The van der Waals surface area contributed by atoms with Crippen molar-refractivity contribution in [3.8, 4) is 5.75 Å². The van der Waals surface area contributed by atoms with E-state index in [0.717, 1.165) is 13.2 Å². The molecule has 0 bridgehead atoms. The monoisotopic (exact) mass is 523 g/mol. The number of hydrogen-bond acceptors (Lipinski definition) is 7. The lowest BCUT2D eigenvalue weighted by atomic mass is 9.94. The van der Waals surface area contributed by atoms with Crippen molar-refractivity contribution in [2.45, 2.75) is 67.0 Å². The number of fused-ring (bicyclic) bond motifs is 2. The SMILES string of the molecule is C/C=C\C.CC.CC.CF.COC(=O)OCOc1c2n(ccc1=O)N[C@@H]1CC(C(F)F)CCN1C2=O. The van der Waals surface area contributed by atoms with Crippen LogP contribution in [0.4, 0.5) is 18.0 Å². The van der Waals surface area contributed by atoms with Crippen LogP contribution in [-0.2, 0) is 9.47 Å². The van der Waals surface area contributed by atoms with Gasteiger partial charge in [0, 0.05) is 24.7 Å². The number of hydrogen-bond donors (Lipinski definition) is 1. The van der Waals surface area contributed by atoms with Crippen molar-refractivity contribution >= 4 is 12.1 Å². The summed E-state index contributed by atoms with van der Waals surface area (Å²) in [7, 11) is 1.61. The maximum Gasteiger partial charge on any atom is 0.510 e.